The topological polar surface area (TPSA) is 108 Å². The Balaban J connectivity index is 2.87. The SMILES string of the molecule is CNS(=O)(=O)NC1(C(=N)N)CCC(C)CC1. The molecule has 0 aromatic heterocycles. The molecule has 0 radical (unpaired) electrons. The van der Waals surface area contributed by atoms with Gasteiger partial charge < -0.3 is 5.73 Å². The van der Waals surface area contributed by atoms with E-state index in [0.29, 0.717) is 18.8 Å². The molecule has 0 amide bonds. The molecule has 0 atom stereocenters. The van der Waals surface area contributed by atoms with Crippen LogP contribution in [0.4, 0.5) is 0 Å². The van der Waals surface area contributed by atoms with E-state index in [1.54, 1.807) is 0 Å². The normalized spacial score (nSPS) is 31.2. The van der Waals surface area contributed by atoms with Gasteiger partial charge in [-0.25, -0.2) is 4.72 Å². The fourth-order valence-corrected chi connectivity index (χ4v) is 2.92. The van der Waals surface area contributed by atoms with Gasteiger partial charge in [0.25, 0.3) is 10.2 Å². The summed E-state index contributed by atoms with van der Waals surface area (Å²) < 4.78 is 27.6. The summed E-state index contributed by atoms with van der Waals surface area (Å²) in [6, 6.07) is 0. The van der Waals surface area contributed by atoms with Crippen molar-refractivity contribution in [1.29, 1.82) is 5.41 Å². The summed E-state index contributed by atoms with van der Waals surface area (Å²) in [6.07, 6.45) is 2.94. The van der Waals surface area contributed by atoms with Gasteiger partial charge in [0, 0.05) is 7.05 Å². The number of nitrogens with one attached hydrogen (secondary N) is 3. The number of amidine groups is 1. The second kappa shape index (κ2) is 4.68. The summed E-state index contributed by atoms with van der Waals surface area (Å²) >= 11 is 0. The van der Waals surface area contributed by atoms with Crippen LogP contribution in [0.15, 0.2) is 0 Å². The van der Waals surface area contributed by atoms with E-state index in [1.165, 1.54) is 7.05 Å². The zero-order chi connectivity index (χ0) is 12.4. The lowest BCUT2D eigenvalue weighted by atomic mass is 9.77. The highest BCUT2D eigenvalue weighted by molar-refractivity contribution is 7.87. The van der Waals surface area contributed by atoms with E-state index < -0.39 is 15.7 Å². The third-order valence-corrected chi connectivity index (χ3v) is 4.44. The predicted molar refractivity (Wildman–Crippen MR) is 63.4 cm³/mol. The predicted octanol–water partition coefficient (Wildman–Crippen LogP) is -0.0749. The Labute approximate surface area is 96.7 Å². The van der Waals surface area contributed by atoms with Crippen molar-refractivity contribution in [2.75, 3.05) is 7.05 Å². The van der Waals surface area contributed by atoms with Crippen LogP contribution in [0, 0.1) is 11.3 Å². The number of rotatable bonds is 4. The van der Waals surface area contributed by atoms with Crippen LogP contribution in [-0.2, 0) is 10.2 Å². The van der Waals surface area contributed by atoms with Gasteiger partial charge in [-0.3, -0.25) is 5.41 Å². The Morgan fingerprint density at radius 2 is 1.94 bits per heavy atom. The molecule has 6 nitrogen and oxygen atoms in total. The minimum absolute atomic E-state index is 0.0989. The van der Waals surface area contributed by atoms with E-state index in [-0.39, 0.29) is 5.84 Å². The van der Waals surface area contributed by atoms with Crippen LogP contribution >= 0.6 is 0 Å². The van der Waals surface area contributed by atoms with Crippen molar-refractivity contribution in [1.82, 2.24) is 9.44 Å². The standard InChI is InChI=1S/C9H20N4O2S/c1-7-3-5-9(6-4-7,8(10)11)13-16(14,15)12-2/h7,12-13H,3-6H2,1-2H3,(H3,10,11). The van der Waals surface area contributed by atoms with E-state index in [0.717, 1.165) is 12.8 Å². The second-order valence-electron chi connectivity index (χ2n) is 4.49. The lowest BCUT2D eigenvalue weighted by molar-refractivity contribution is 0.285. The average Bonchev–Trinajstić information content (AvgIpc) is 2.21. The Bertz CT molecular complexity index is 358. The van der Waals surface area contributed by atoms with Crippen LogP contribution in [0.5, 0.6) is 0 Å². The lowest BCUT2D eigenvalue weighted by Gasteiger charge is -2.38. The highest BCUT2D eigenvalue weighted by Gasteiger charge is 2.40. The smallest absolute Gasteiger partial charge is 0.277 e. The first-order chi connectivity index (χ1) is 7.31. The monoisotopic (exact) mass is 248 g/mol. The summed E-state index contributed by atoms with van der Waals surface area (Å²) in [6.45, 7) is 2.12. The van der Waals surface area contributed by atoms with Crippen LogP contribution in [-0.4, -0.2) is 26.8 Å². The van der Waals surface area contributed by atoms with E-state index >= 15 is 0 Å². The van der Waals surface area contributed by atoms with E-state index in [2.05, 4.69) is 16.4 Å². The summed E-state index contributed by atoms with van der Waals surface area (Å²) in [4.78, 5) is 0. The third-order valence-electron chi connectivity index (χ3n) is 3.24. The maximum atomic E-state index is 11.5. The molecule has 1 saturated carbocycles. The molecule has 1 fully saturated rings. The number of hydrogen-bond donors (Lipinski definition) is 4. The van der Waals surface area contributed by atoms with E-state index in [9.17, 15) is 8.42 Å². The van der Waals surface area contributed by atoms with Crippen molar-refractivity contribution < 1.29 is 8.42 Å². The quantitative estimate of drug-likeness (QED) is 0.413. The van der Waals surface area contributed by atoms with Gasteiger partial charge in [-0.15, -0.1) is 0 Å². The van der Waals surface area contributed by atoms with Crippen LogP contribution in [0.3, 0.4) is 0 Å². The first kappa shape index (κ1) is 13.4. The maximum Gasteiger partial charge on any atom is 0.277 e. The van der Waals surface area contributed by atoms with Gasteiger partial charge in [0.1, 0.15) is 5.84 Å². The molecular weight excluding hydrogens is 228 g/mol. The zero-order valence-electron chi connectivity index (χ0n) is 9.71. The molecule has 0 aliphatic heterocycles. The molecule has 0 spiro atoms. The molecule has 1 aliphatic carbocycles. The van der Waals surface area contributed by atoms with Crippen LogP contribution in [0.25, 0.3) is 0 Å². The molecule has 0 heterocycles. The first-order valence-electron chi connectivity index (χ1n) is 5.38. The fourth-order valence-electron chi connectivity index (χ4n) is 1.99. The highest BCUT2D eigenvalue weighted by Crippen LogP contribution is 2.32. The largest absolute Gasteiger partial charge is 0.386 e. The minimum Gasteiger partial charge on any atom is -0.386 e. The highest BCUT2D eigenvalue weighted by atomic mass is 32.2. The molecule has 94 valence electrons. The molecule has 0 saturated heterocycles. The molecule has 0 aromatic rings. The Morgan fingerprint density at radius 1 is 1.44 bits per heavy atom. The van der Waals surface area contributed by atoms with Crippen molar-refractivity contribution in [3.63, 3.8) is 0 Å². The Hall–Kier alpha value is -0.660. The zero-order valence-corrected chi connectivity index (χ0v) is 10.5. The molecule has 5 N–H and O–H groups in total. The first-order valence-corrected chi connectivity index (χ1v) is 6.86. The van der Waals surface area contributed by atoms with Crippen molar-refractivity contribution in [3.8, 4) is 0 Å². The molecule has 16 heavy (non-hydrogen) atoms. The Morgan fingerprint density at radius 3 is 2.31 bits per heavy atom. The molecule has 0 unspecified atom stereocenters. The van der Waals surface area contributed by atoms with Gasteiger partial charge in [0.2, 0.25) is 0 Å². The van der Waals surface area contributed by atoms with Gasteiger partial charge in [-0.05, 0) is 31.6 Å². The molecule has 1 rings (SSSR count). The lowest BCUT2D eigenvalue weighted by Crippen LogP contribution is -2.60. The third kappa shape index (κ3) is 2.93. The van der Waals surface area contributed by atoms with Gasteiger partial charge in [-0.1, -0.05) is 6.92 Å². The van der Waals surface area contributed by atoms with Crippen molar-refractivity contribution in [3.05, 3.63) is 0 Å². The molecule has 0 bridgehead atoms. The molecule has 1 aliphatic rings. The van der Waals surface area contributed by atoms with Crippen LogP contribution in [0.1, 0.15) is 32.6 Å². The Kier molecular flexibility index (Phi) is 3.92. The van der Waals surface area contributed by atoms with E-state index in [1.807, 2.05) is 0 Å². The van der Waals surface area contributed by atoms with Crippen molar-refractivity contribution in [2.24, 2.45) is 11.7 Å². The molecule has 0 aromatic carbocycles. The fraction of sp³-hybridized carbons (Fsp3) is 0.889. The van der Waals surface area contributed by atoms with Crippen LogP contribution < -0.4 is 15.2 Å². The summed E-state index contributed by atoms with van der Waals surface area (Å²) in [5, 5.41) is 7.58. The maximum absolute atomic E-state index is 11.5. The van der Waals surface area contributed by atoms with Gasteiger partial charge in [0.15, 0.2) is 0 Å². The summed E-state index contributed by atoms with van der Waals surface area (Å²) in [5.74, 6) is 0.463. The van der Waals surface area contributed by atoms with Gasteiger partial charge >= 0.3 is 0 Å². The molecular formula is C9H20N4O2S. The average molecular weight is 248 g/mol. The number of hydrogen-bond acceptors (Lipinski definition) is 3. The van der Waals surface area contributed by atoms with Gasteiger partial charge in [0.05, 0.1) is 5.54 Å². The van der Waals surface area contributed by atoms with Crippen molar-refractivity contribution in [2.45, 2.75) is 38.1 Å². The molecule has 7 heteroatoms. The minimum atomic E-state index is -3.56. The summed E-state index contributed by atoms with van der Waals surface area (Å²) in [7, 11) is -2.23. The number of nitrogens with two attached hydrogens (primary N) is 1. The van der Waals surface area contributed by atoms with Crippen molar-refractivity contribution >= 4 is 16.0 Å². The van der Waals surface area contributed by atoms with E-state index in [4.69, 9.17) is 11.1 Å². The second-order valence-corrected chi connectivity index (χ2v) is 6.11. The van der Waals surface area contributed by atoms with Crippen LogP contribution in [0.2, 0.25) is 0 Å². The summed E-state index contributed by atoms with van der Waals surface area (Å²) in [5.41, 5.74) is 4.64. The van der Waals surface area contributed by atoms with Gasteiger partial charge in [-0.2, -0.15) is 13.1 Å².